The number of carbonyl (C=O) groups excluding carboxylic acids is 2. The molecule has 2 aromatic heterocycles. The molecule has 0 aliphatic carbocycles. The lowest BCUT2D eigenvalue weighted by Gasteiger charge is -2.27. The minimum atomic E-state index is -0.334. The van der Waals surface area contributed by atoms with E-state index >= 15 is 0 Å². The van der Waals surface area contributed by atoms with Crippen LogP contribution in [-0.2, 0) is 11.3 Å². The van der Waals surface area contributed by atoms with Gasteiger partial charge in [-0.2, -0.15) is 0 Å². The van der Waals surface area contributed by atoms with Gasteiger partial charge in [0.25, 0.3) is 11.8 Å². The summed E-state index contributed by atoms with van der Waals surface area (Å²) in [5, 5.41) is 12.3. The van der Waals surface area contributed by atoms with E-state index in [1.54, 1.807) is 30.3 Å². The van der Waals surface area contributed by atoms with Crippen molar-refractivity contribution in [3.8, 4) is 5.75 Å². The average Bonchev–Trinajstić information content (AvgIpc) is 3.49. The maximum atomic E-state index is 13.1. The molecular formula is C22H24N4O5S2. The van der Waals surface area contributed by atoms with Crippen molar-refractivity contribution in [2.75, 3.05) is 38.7 Å². The number of hydrogen-bond acceptors (Lipinski definition) is 8. The van der Waals surface area contributed by atoms with Crippen LogP contribution in [0.15, 0.2) is 39.6 Å². The Balaban J connectivity index is 1.50. The standard InChI is InChI=1S/C22H24N4O5S2/c1-13-9-17(30-2)15(21(29)26-5-7-31-8-6-26)10-18(13)32-19-11-23-22(33-19)25-20(28)16-4-3-14(12-27)24-16/h3-4,9-11,24,27H,5-8,12H2,1-2H3,(H,23,25,28). The number of aromatic nitrogens is 2. The van der Waals surface area contributed by atoms with Crippen LogP contribution in [0.3, 0.4) is 0 Å². The lowest BCUT2D eigenvalue weighted by Crippen LogP contribution is -2.40. The summed E-state index contributed by atoms with van der Waals surface area (Å²) in [6, 6.07) is 6.98. The average molecular weight is 489 g/mol. The Morgan fingerprint density at radius 1 is 1.33 bits per heavy atom. The van der Waals surface area contributed by atoms with E-state index in [4.69, 9.17) is 14.6 Å². The van der Waals surface area contributed by atoms with E-state index in [9.17, 15) is 9.59 Å². The summed E-state index contributed by atoms with van der Waals surface area (Å²) in [4.78, 5) is 35.3. The Hall–Kier alpha value is -2.86. The molecule has 0 spiro atoms. The van der Waals surface area contributed by atoms with Crippen molar-refractivity contribution in [3.05, 3.63) is 53.0 Å². The minimum Gasteiger partial charge on any atom is -0.496 e. The largest absolute Gasteiger partial charge is 0.496 e. The van der Waals surface area contributed by atoms with Crippen LogP contribution >= 0.6 is 23.1 Å². The number of carbonyl (C=O) groups is 2. The number of rotatable bonds is 7. The lowest BCUT2D eigenvalue weighted by atomic mass is 10.1. The number of amides is 2. The van der Waals surface area contributed by atoms with Gasteiger partial charge in [-0.1, -0.05) is 23.1 Å². The molecule has 0 atom stereocenters. The van der Waals surface area contributed by atoms with E-state index in [1.165, 1.54) is 23.1 Å². The smallest absolute Gasteiger partial charge is 0.273 e. The second-order valence-electron chi connectivity index (χ2n) is 7.32. The summed E-state index contributed by atoms with van der Waals surface area (Å²) < 4.78 is 11.7. The number of aromatic amines is 1. The predicted molar refractivity (Wildman–Crippen MR) is 125 cm³/mol. The number of H-pyrrole nitrogens is 1. The van der Waals surface area contributed by atoms with Gasteiger partial charge < -0.3 is 24.5 Å². The molecule has 1 fully saturated rings. The fourth-order valence-corrected chi connectivity index (χ4v) is 5.28. The second-order valence-corrected chi connectivity index (χ2v) is 9.69. The van der Waals surface area contributed by atoms with Crippen molar-refractivity contribution in [1.82, 2.24) is 14.9 Å². The van der Waals surface area contributed by atoms with Crippen molar-refractivity contribution in [2.24, 2.45) is 0 Å². The molecule has 9 nitrogen and oxygen atoms in total. The van der Waals surface area contributed by atoms with Crippen molar-refractivity contribution in [1.29, 1.82) is 0 Å². The van der Waals surface area contributed by atoms with E-state index in [0.717, 1.165) is 14.7 Å². The molecule has 0 unspecified atom stereocenters. The van der Waals surface area contributed by atoms with Crippen LogP contribution < -0.4 is 10.1 Å². The van der Waals surface area contributed by atoms with Crippen molar-refractivity contribution in [3.63, 3.8) is 0 Å². The molecule has 1 aromatic carbocycles. The van der Waals surface area contributed by atoms with Gasteiger partial charge in [0.2, 0.25) is 0 Å². The van der Waals surface area contributed by atoms with E-state index in [0.29, 0.717) is 54.1 Å². The number of nitrogens with one attached hydrogen (secondary N) is 2. The Labute approximate surface area is 199 Å². The van der Waals surface area contributed by atoms with Gasteiger partial charge in [-0.05, 0) is 36.8 Å². The Bertz CT molecular complexity index is 1150. The van der Waals surface area contributed by atoms with Gasteiger partial charge in [-0.15, -0.1) is 0 Å². The topological polar surface area (TPSA) is 117 Å². The number of methoxy groups -OCH3 is 1. The Kier molecular flexibility index (Phi) is 7.33. The second kappa shape index (κ2) is 10.4. The van der Waals surface area contributed by atoms with Gasteiger partial charge >= 0.3 is 0 Å². The van der Waals surface area contributed by atoms with Gasteiger partial charge in [-0.3, -0.25) is 14.9 Å². The van der Waals surface area contributed by atoms with Crippen molar-refractivity contribution in [2.45, 2.75) is 22.6 Å². The molecule has 11 heteroatoms. The number of nitrogens with zero attached hydrogens (tertiary/aromatic N) is 2. The van der Waals surface area contributed by atoms with Gasteiger partial charge in [0.15, 0.2) is 5.13 Å². The van der Waals surface area contributed by atoms with Crippen LogP contribution in [0, 0.1) is 6.92 Å². The summed E-state index contributed by atoms with van der Waals surface area (Å²) in [6.07, 6.45) is 1.69. The molecule has 174 valence electrons. The first-order valence-corrected chi connectivity index (χ1v) is 11.9. The fourth-order valence-electron chi connectivity index (χ4n) is 3.35. The summed E-state index contributed by atoms with van der Waals surface area (Å²) >= 11 is 2.81. The SMILES string of the molecule is COc1cc(C)c(Sc2cnc(NC(=O)c3ccc(CO)[nH]3)s2)cc1C(=O)N1CCOCC1. The van der Waals surface area contributed by atoms with Crippen LogP contribution in [0.4, 0.5) is 5.13 Å². The Morgan fingerprint density at radius 3 is 2.82 bits per heavy atom. The number of hydrogen-bond donors (Lipinski definition) is 3. The molecule has 0 saturated carbocycles. The number of anilines is 1. The predicted octanol–water partition coefficient (Wildman–Crippen LogP) is 3.16. The lowest BCUT2D eigenvalue weighted by molar-refractivity contribution is 0.0300. The van der Waals surface area contributed by atoms with Crippen LogP contribution in [0.2, 0.25) is 0 Å². The maximum absolute atomic E-state index is 13.1. The number of morpholine rings is 1. The number of aryl methyl sites for hydroxylation is 1. The third kappa shape index (κ3) is 5.38. The molecule has 0 radical (unpaired) electrons. The molecule has 3 heterocycles. The van der Waals surface area contributed by atoms with Gasteiger partial charge in [0.05, 0.1) is 42.9 Å². The van der Waals surface area contributed by atoms with E-state index in [2.05, 4.69) is 15.3 Å². The van der Waals surface area contributed by atoms with Crippen molar-refractivity contribution < 1.29 is 24.2 Å². The van der Waals surface area contributed by atoms with Crippen molar-refractivity contribution >= 4 is 40.0 Å². The number of aliphatic hydroxyl groups excluding tert-OH is 1. The maximum Gasteiger partial charge on any atom is 0.273 e. The molecule has 1 aliphatic rings. The summed E-state index contributed by atoms with van der Waals surface area (Å²) in [7, 11) is 1.56. The zero-order valence-corrected chi connectivity index (χ0v) is 19.8. The van der Waals surface area contributed by atoms with Crippen LogP contribution in [0.25, 0.3) is 0 Å². The highest BCUT2D eigenvalue weighted by atomic mass is 32.2. The molecule has 1 aliphatic heterocycles. The Morgan fingerprint density at radius 2 is 2.12 bits per heavy atom. The molecule has 3 aromatic rings. The number of thiazole rings is 1. The van der Waals surface area contributed by atoms with Gasteiger partial charge in [0.1, 0.15) is 11.4 Å². The van der Waals surface area contributed by atoms with E-state index < -0.39 is 0 Å². The van der Waals surface area contributed by atoms with Crippen LogP contribution in [-0.4, -0.2) is 65.2 Å². The summed E-state index contributed by atoms with van der Waals surface area (Å²) in [6.45, 7) is 3.96. The highest BCUT2D eigenvalue weighted by molar-refractivity contribution is 8.01. The first-order valence-electron chi connectivity index (χ1n) is 10.3. The van der Waals surface area contributed by atoms with Crippen LogP contribution in [0.5, 0.6) is 5.75 Å². The zero-order chi connectivity index (χ0) is 23.4. The molecule has 3 N–H and O–H groups in total. The monoisotopic (exact) mass is 488 g/mol. The molecule has 33 heavy (non-hydrogen) atoms. The number of benzene rings is 1. The molecular weight excluding hydrogens is 464 g/mol. The quantitative estimate of drug-likeness (QED) is 0.468. The zero-order valence-electron chi connectivity index (χ0n) is 18.2. The first-order chi connectivity index (χ1) is 16.0. The van der Waals surface area contributed by atoms with E-state index in [-0.39, 0.29) is 18.4 Å². The molecule has 0 bridgehead atoms. The fraction of sp³-hybridized carbons (Fsp3) is 0.318. The normalized spacial score (nSPS) is 13.7. The van der Waals surface area contributed by atoms with E-state index in [1.807, 2.05) is 19.1 Å². The summed E-state index contributed by atoms with van der Waals surface area (Å²) in [5.74, 6) is 0.126. The van der Waals surface area contributed by atoms with Gasteiger partial charge in [-0.25, -0.2) is 4.98 Å². The third-order valence-corrected chi connectivity index (χ3v) is 7.28. The molecule has 2 amide bonds. The minimum absolute atomic E-state index is 0.0811. The number of ether oxygens (including phenoxy) is 2. The molecule has 4 rings (SSSR count). The first kappa shape index (κ1) is 23.3. The number of aliphatic hydroxyl groups is 1. The highest BCUT2D eigenvalue weighted by Crippen LogP contribution is 2.38. The summed E-state index contributed by atoms with van der Waals surface area (Å²) in [5.41, 5.74) is 2.39. The van der Waals surface area contributed by atoms with Gasteiger partial charge in [0, 0.05) is 23.7 Å². The third-order valence-electron chi connectivity index (χ3n) is 5.10. The highest BCUT2D eigenvalue weighted by Gasteiger charge is 2.23. The molecule has 1 saturated heterocycles. The van der Waals surface area contributed by atoms with Crippen LogP contribution in [0.1, 0.15) is 32.1 Å².